The van der Waals surface area contributed by atoms with E-state index in [-0.39, 0.29) is 17.7 Å². The van der Waals surface area contributed by atoms with Crippen LogP contribution in [-0.2, 0) is 27.3 Å². The normalized spacial score (nSPS) is 21.2. The molecule has 4 rings (SSSR count). The number of aliphatic hydroxyl groups excluding tert-OH is 1. The SMILES string of the molecule is CCCCN1C(=O)[C@@H]([C@H](O)C(C)C)NC(=O)C12CCN(Cc1ccc(Oc3ccc([S+](C)[O-])cc3)cc1)CC2. The Morgan fingerprint density at radius 3 is 2.21 bits per heavy atom. The van der Waals surface area contributed by atoms with Crippen LogP contribution in [0.25, 0.3) is 0 Å². The molecule has 2 fully saturated rings. The van der Waals surface area contributed by atoms with Crippen LogP contribution in [0.4, 0.5) is 0 Å². The number of piperazine rings is 1. The zero-order valence-electron chi connectivity index (χ0n) is 23.4. The first kappa shape index (κ1) is 29.4. The molecule has 2 amide bonds. The molecule has 39 heavy (non-hydrogen) atoms. The van der Waals surface area contributed by atoms with Crippen molar-refractivity contribution in [3.8, 4) is 11.5 Å². The molecule has 3 atom stereocenters. The van der Waals surface area contributed by atoms with Crippen molar-refractivity contribution >= 4 is 23.0 Å². The van der Waals surface area contributed by atoms with Gasteiger partial charge in [0, 0.05) is 26.2 Å². The van der Waals surface area contributed by atoms with Crippen molar-refractivity contribution in [2.24, 2.45) is 5.92 Å². The highest BCUT2D eigenvalue weighted by atomic mass is 32.2. The average molecular weight is 556 g/mol. The van der Waals surface area contributed by atoms with Gasteiger partial charge in [-0.15, -0.1) is 0 Å². The van der Waals surface area contributed by atoms with E-state index in [4.69, 9.17) is 4.74 Å². The number of piperidine rings is 1. The first-order valence-electron chi connectivity index (χ1n) is 13.9. The van der Waals surface area contributed by atoms with E-state index in [0.717, 1.165) is 35.6 Å². The highest BCUT2D eigenvalue weighted by molar-refractivity contribution is 7.90. The first-order chi connectivity index (χ1) is 18.6. The molecule has 212 valence electrons. The van der Waals surface area contributed by atoms with Gasteiger partial charge in [0.2, 0.25) is 11.8 Å². The third-order valence-corrected chi connectivity index (χ3v) is 8.86. The smallest absolute Gasteiger partial charge is 0.248 e. The lowest BCUT2D eigenvalue weighted by atomic mass is 9.80. The van der Waals surface area contributed by atoms with Crippen molar-refractivity contribution in [1.29, 1.82) is 0 Å². The van der Waals surface area contributed by atoms with E-state index in [1.54, 1.807) is 23.3 Å². The quantitative estimate of drug-likeness (QED) is 0.433. The van der Waals surface area contributed by atoms with Crippen molar-refractivity contribution in [2.45, 2.75) is 75.6 Å². The van der Waals surface area contributed by atoms with Gasteiger partial charge in [-0.3, -0.25) is 14.5 Å². The Balaban J connectivity index is 1.37. The number of nitrogens with one attached hydrogen (secondary N) is 1. The van der Waals surface area contributed by atoms with Crippen LogP contribution in [0.2, 0.25) is 0 Å². The number of carbonyl (C=O) groups excluding carboxylic acids is 2. The Kier molecular flexibility index (Phi) is 9.59. The minimum Gasteiger partial charge on any atom is -0.612 e. The van der Waals surface area contributed by atoms with Crippen LogP contribution in [0, 0.1) is 5.92 Å². The Morgan fingerprint density at radius 2 is 1.67 bits per heavy atom. The molecule has 1 unspecified atom stereocenters. The molecule has 2 aliphatic heterocycles. The molecule has 9 heteroatoms. The van der Waals surface area contributed by atoms with Crippen LogP contribution in [0.15, 0.2) is 53.4 Å². The fourth-order valence-corrected chi connectivity index (χ4v) is 5.95. The summed E-state index contributed by atoms with van der Waals surface area (Å²) in [5.74, 6) is 0.986. The molecule has 0 radical (unpaired) electrons. The summed E-state index contributed by atoms with van der Waals surface area (Å²) in [6, 6.07) is 14.3. The summed E-state index contributed by atoms with van der Waals surface area (Å²) >= 11 is -1.02. The summed E-state index contributed by atoms with van der Waals surface area (Å²) in [5, 5.41) is 13.5. The van der Waals surface area contributed by atoms with Crippen molar-refractivity contribution < 1.29 is 24.0 Å². The molecule has 2 saturated heterocycles. The minimum absolute atomic E-state index is 0.131. The molecule has 2 aromatic rings. The molecule has 2 aliphatic rings. The topological polar surface area (TPSA) is 105 Å². The number of rotatable bonds is 10. The van der Waals surface area contributed by atoms with Gasteiger partial charge in [-0.1, -0.05) is 39.3 Å². The maximum atomic E-state index is 13.5. The Bertz CT molecular complexity index is 1110. The van der Waals surface area contributed by atoms with Crippen LogP contribution < -0.4 is 10.1 Å². The van der Waals surface area contributed by atoms with Gasteiger partial charge in [-0.2, -0.15) is 0 Å². The van der Waals surface area contributed by atoms with Crippen LogP contribution >= 0.6 is 0 Å². The predicted octanol–water partition coefficient (Wildman–Crippen LogP) is 3.69. The first-order valence-corrected chi connectivity index (χ1v) is 15.4. The zero-order valence-corrected chi connectivity index (χ0v) is 24.2. The lowest BCUT2D eigenvalue weighted by Gasteiger charge is -2.52. The molecule has 2 aromatic carbocycles. The summed E-state index contributed by atoms with van der Waals surface area (Å²) in [6.07, 6.45) is 3.63. The standard InChI is InChI=1S/C30H41N3O5S/c1-5-6-17-33-28(35)26(27(34)21(2)3)31-29(36)30(33)15-18-32(19-16-30)20-22-7-9-23(10-8-22)38-24-11-13-25(14-12-24)39(4)37/h7-14,21,26-27,34H,5-6,15-20H2,1-4H3,(H,31,36)/t26-,27-,39?/m1/s1. The monoisotopic (exact) mass is 555 g/mol. The van der Waals surface area contributed by atoms with Crippen molar-refractivity contribution in [3.05, 3.63) is 54.1 Å². The number of carbonyl (C=O) groups is 2. The van der Waals surface area contributed by atoms with Gasteiger partial charge in [-0.05, 0) is 78.3 Å². The molecule has 0 aromatic heterocycles. The van der Waals surface area contributed by atoms with Crippen LogP contribution in [-0.4, -0.2) is 74.8 Å². The second-order valence-electron chi connectivity index (χ2n) is 11.0. The highest BCUT2D eigenvalue weighted by Crippen LogP contribution is 2.35. The summed E-state index contributed by atoms with van der Waals surface area (Å²) in [7, 11) is 0. The summed E-state index contributed by atoms with van der Waals surface area (Å²) < 4.78 is 17.5. The fourth-order valence-electron chi connectivity index (χ4n) is 5.43. The number of benzene rings is 2. The molecule has 2 N–H and O–H groups in total. The number of nitrogens with zero attached hydrogens (tertiary/aromatic N) is 2. The van der Waals surface area contributed by atoms with Gasteiger partial charge in [0.15, 0.2) is 4.90 Å². The lowest BCUT2D eigenvalue weighted by Crippen LogP contribution is -2.74. The van der Waals surface area contributed by atoms with Crippen molar-refractivity contribution in [1.82, 2.24) is 15.1 Å². The number of hydrogen-bond donors (Lipinski definition) is 2. The molecule has 0 saturated carbocycles. The second-order valence-corrected chi connectivity index (χ2v) is 12.4. The van der Waals surface area contributed by atoms with Crippen molar-refractivity contribution in [3.63, 3.8) is 0 Å². The van der Waals surface area contributed by atoms with Gasteiger partial charge in [-0.25, -0.2) is 0 Å². The third kappa shape index (κ3) is 6.60. The van der Waals surface area contributed by atoms with Gasteiger partial charge >= 0.3 is 0 Å². The number of hydrogen-bond acceptors (Lipinski definition) is 6. The van der Waals surface area contributed by atoms with E-state index >= 15 is 0 Å². The van der Waals surface area contributed by atoms with Crippen LogP contribution in [0.1, 0.15) is 52.0 Å². The van der Waals surface area contributed by atoms with E-state index < -0.39 is 28.9 Å². The molecule has 2 heterocycles. The van der Waals surface area contributed by atoms with Gasteiger partial charge < -0.3 is 24.6 Å². The Labute approximate surface area is 234 Å². The summed E-state index contributed by atoms with van der Waals surface area (Å²) in [6.45, 7) is 8.46. The van der Waals surface area contributed by atoms with Crippen LogP contribution in [0.5, 0.6) is 11.5 Å². The maximum Gasteiger partial charge on any atom is 0.248 e. The third-order valence-electron chi connectivity index (χ3n) is 7.92. The summed E-state index contributed by atoms with van der Waals surface area (Å²) in [5.41, 5.74) is 0.287. The van der Waals surface area contributed by atoms with Gasteiger partial charge in [0.1, 0.15) is 29.3 Å². The molecular formula is C30H41N3O5S. The zero-order chi connectivity index (χ0) is 28.2. The number of unbranched alkanes of at least 4 members (excludes halogenated alkanes) is 1. The highest BCUT2D eigenvalue weighted by Gasteiger charge is 2.54. The van der Waals surface area contributed by atoms with Gasteiger partial charge in [0.25, 0.3) is 0 Å². The summed E-state index contributed by atoms with van der Waals surface area (Å²) in [4.78, 5) is 31.8. The number of aliphatic hydroxyl groups is 1. The second kappa shape index (κ2) is 12.7. The number of amides is 2. The van der Waals surface area contributed by atoms with Crippen molar-refractivity contribution in [2.75, 3.05) is 25.9 Å². The molecule has 0 aliphatic carbocycles. The average Bonchev–Trinajstić information content (AvgIpc) is 2.93. The number of likely N-dealkylation sites (tertiary alicyclic amines) is 1. The van der Waals surface area contributed by atoms with E-state index in [0.29, 0.717) is 38.2 Å². The Morgan fingerprint density at radius 1 is 1.08 bits per heavy atom. The lowest BCUT2D eigenvalue weighted by molar-refractivity contribution is -0.165. The Hall–Kier alpha value is -2.59. The van der Waals surface area contributed by atoms with Gasteiger partial charge in [0.05, 0.1) is 6.10 Å². The molecule has 8 nitrogen and oxygen atoms in total. The molecule has 1 spiro atoms. The fraction of sp³-hybridized carbons (Fsp3) is 0.533. The van der Waals surface area contributed by atoms with E-state index in [1.165, 1.54) is 0 Å². The molecule has 0 bridgehead atoms. The van der Waals surface area contributed by atoms with E-state index in [9.17, 15) is 19.2 Å². The predicted molar refractivity (Wildman–Crippen MR) is 152 cm³/mol. The molecular weight excluding hydrogens is 514 g/mol. The number of ether oxygens (including phenoxy) is 1. The van der Waals surface area contributed by atoms with Crippen LogP contribution in [0.3, 0.4) is 0 Å². The minimum atomic E-state index is -1.02. The van der Waals surface area contributed by atoms with E-state index in [2.05, 4.69) is 17.1 Å². The largest absolute Gasteiger partial charge is 0.612 e. The van der Waals surface area contributed by atoms with E-state index in [1.807, 2.05) is 50.2 Å². The maximum absolute atomic E-state index is 13.5.